The maximum Gasteiger partial charge on any atom is 0.129 e. The van der Waals surface area contributed by atoms with Gasteiger partial charge in [0.25, 0.3) is 0 Å². The molecule has 1 N–H and O–H groups in total. The first-order valence-corrected chi connectivity index (χ1v) is 5.61. The Balaban J connectivity index is 2.89. The van der Waals surface area contributed by atoms with Crippen LogP contribution in [0.3, 0.4) is 0 Å². The monoisotopic (exact) mass is 210 g/mol. The van der Waals surface area contributed by atoms with E-state index in [2.05, 4.69) is 30.7 Å². The molecular formula is C11H18N2S. The highest BCUT2D eigenvalue weighted by Gasteiger charge is 2.01. The number of nitrogens with zero attached hydrogens (tertiary/aromatic N) is 1. The molecular weight excluding hydrogens is 192 g/mol. The molecule has 14 heavy (non-hydrogen) atoms. The lowest BCUT2D eigenvalue weighted by Crippen LogP contribution is -2.03. The van der Waals surface area contributed by atoms with Crippen molar-refractivity contribution in [2.75, 3.05) is 0 Å². The van der Waals surface area contributed by atoms with Gasteiger partial charge in [-0.3, -0.25) is 0 Å². The Hall–Kier alpha value is -0.700. The van der Waals surface area contributed by atoms with Crippen LogP contribution in [0.1, 0.15) is 38.7 Å². The molecule has 0 aliphatic heterocycles. The fourth-order valence-corrected chi connectivity index (χ4v) is 1.70. The van der Waals surface area contributed by atoms with Crippen molar-refractivity contribution in [3.05, 3.63) is 22.2 Å². The Labute approximate surface area is 90.8 Å². The zero-order valence-corrected chi connectivity index (χ0v) is 9.95. The van der Waals surface area contributed by atoms with Crippen LogP contribution in [0, 0.1) is 10.6 Å². The summed E-state index contributed by atoms with van der Waals surface area (Å²) in [5, 5.41) is 0. The quantitative estimate of drug-likeness (QED) is 0.772. The largest absolute Gasteiger partial charge is 0.347 e. The summed E-state index contributed by atoms with van der Waals surface area (Å²) >= 11 is 5.12. The smallest absolute Gasteiger partial charge is 0.129 e. The third-order valence-electron chi connectivity index (χ3n) is 1.97. The van der Waals surface area contributed by atoms with E-state index in [1.807, 2.05) is 6.07 Å². The molecule has 0 unspecified atom stereocenters. The number of aryl methyl sites for hydroxylation is 1. The molecule has 0 aromatic carbocycles. The molecule has 78 valence electrons. The number of nitrogens with one attached hydrogen (secondary N) is 1. The number of hydrogen-bond donors (Lipinski definition) is 1. The molecule has 1 rings (SSSR count). The summed E-state index contributed by atoms with van der Waals surface area (Å²) in [6.07, 6.45) is 3.16. The first-order chi connectivity index (χ1) is 6.61. The summed E-state index contributed by atoms with van der Waals surface area (Å²) in [6, 6.07) is 1.96. The van der Waals surface area contributed by atoms with Crippen molar-refractivity contribution in [1.29, 1.82) is 0 Å². The Kier molecular flexibility index (Phi) is 4.26. The maximum atomic E-state index is 5.12. The minimum Gasteiger partial charge on any atom is -0.347 e. The van der Waals surface area contributed by atoms with E-state index in [1.165, 1.54) is 5.69 Å². The SMILES string of the molecule is CCCc1cc(=S)nc(CC(C)C)[nH]1. The summed E-state index contributed by atoms with van der Waals surface area (Å²) in [5.74, 6) is 1.64. The normalized spacial score (nSPS) is 10.9. The maximum absolute atomic E-state index is 5.12. The zero-order valence-electron chi connectivity index (χ0n) is 9.13. The first kappa shape index (κ1) is 11.4. The van der Waals surface area contributed by atoms with Crippen LogP contribution < -0.4 is 0 Å². The van der Waals surface area contributed by atoms with Gasteiger partial charge in [-0.1, -0.05) is 39.4 Å². The zero-order chi connectivity index (χ0) is 10.6. The highest BCUT2D eigenvalue weighted by molar-refractivity contribution is 7.71. The molecule has 1 heterocycles. The average Bonchev–Trinajstić information content (AvgIpc) is 2.01. The lowest BCUT2D eigenvalue weighted by Gasteiger charge is -2.06. The Bertz CT molecular complexity index is 341. The lowest BCUT2D eigenvalue weighted by molar-refractivity contribution is 0.615. The van der Waals surface area contributed by atoms with E-state index in [4.69, 9.17) is 12.2 Å². The average molecular weight is 210 g/mol. The van der Waals surface area contributed by atoms with Crippen molar-refractivity contribution in [3.63, 3.8) is 0 Å². The summed E-state index contributed by atoms with van der Waals surface area (Å²) in [7, 11) is 0. The van der Waals surface area contributed by atoms with Crippen LogP contribution >= 0.6 is 12.2 Å². The van der Waals surface area contributed by atoms with Gasteiger partial charge in [-0.05, 0) is 18.4 Å². The van der Waals surface area contributed by atoms with Crippen LogP contribution in [0.15, 0.2) is 6.07 Å². The highest BCUT2D eigenvalue weighted by atomic mass is 32.1. The van der Waals surface area contributed by atoms with Gasteiger partial charge in [-0.15, -0.1) is 0 Å². The molecule has 3 heteroatoms. The minimum atomic E-state index is 0.616. The van der Waals surface area contributed by atoms with E-state index in [9.17, 15) is 0 Å². The molecule has 0 fully saturated rings. The molecule has 0 spiro atoms. The molecule has 1 aromatic heterocycles. The molecule has 0 amide bonds. The number of rotatable bonds is 4. The van der Waals surface area contributed by atoms with Crippen molar-refractivity contribution in [2.24, 2.45) is 5.92 Å². The van der Waals surface area contributed by atoms with Gasteiger partial charge >= 0.3 is 0 Å². The Morgan fingerprint density at radius 3 is 2.79 bits per heavy atom. The van der Waals surface area contributed by atoms with Crippen molar-refractivity contribution < 1.29 is 0 Å². The summed E-state index contributed by atoms with van der Waals surface area (Å²) in [5.41, 5.74) is 1.21. The number of hydrogen-bond acceptors (Lipinski definition) is 2. The third-order valence-corrected chi connectivity index (χ3v) is 2.18. The molecule has 0 saturated heterocycles. The fraction of sp³-hybridized carbons (Fsp3) is 0.636. The number of H-pyrrole nitrogens is 1. The van der Waals surface area contributed by atoms with Crippen LogP contribution in [-0.4, -0.2) is 9.97 Å². The van der Waals surface area contributed by atoms with E-state index in [-0.39, 0.29) is 0 Å². The molecule has 0 aliphatic carbocycles. The topological polar surface area (TPSA) is 28.7 Å². The van der Waals surface area contributed by atoms with Crippen LogP contribution in [0.2, 0.25) is 0 Å². The summed E-state index contributed by atoms with van der Waals surface area (Å²) in [4.78, 5) is 7.66. The van der Waals surface area contributed by atoms with Crippen LogP contribution in [0.5, 0.6) is 0 Å². The second kappa shape index (κ2) is 5.25. The molecule has 2 nitrogen and oxygen atoms in total. The molecule has 0 bridgehead atoms. The minimum absolute atomic E-state index is 0.616. The van der Waals surface area contributed by atoms with E-state index >= 15 is 0 Å². The van der Waals surface area contributed by atoms with Gasteiger partial charge in [0.2, 0.25) is 0 Å². The van der Waals surface area contributed by atoms with Crippen molar-refractivity contribution in [1.82, 2.24) is 9.97 Å². The first-order valence-electron chi connectivity index (χ1n) is 5.21. The van der Waals surface area contributed by atoms with Crippen LogP contribution in [0.4, 0.5) is 0 Å². The van der Waals surface area contributed by atoms with Gasteiger partial charge in [0.1, 0.15) is 10.5 Å². The van der Waals surface area contributed by atoms with Crippen molar-refractivity contribution >= 4 is 12.2 Å². The Morgan fingerprint density at radius 1 is 1.50 bits per heavy atom. The van der Waals surface area contributed by atoms with Gasteiger partial charge in [0.05, 0.1) is 0 Å². The van der Waals surface area contributed by atoms with Gasteiger partial charge in [-0.2, -0.15) is 0 Å². The van der Waals surface area contributed by atoms with Gasteiger partial charge in [0, 0.05) is 12.1 Å². The van der Waals surface area contributed by atoms with Gasteiger partial charge < -0.3 is 4.98 Å². The number of aromatic amines is 1. The predicted molar refractivity (Wildman–Crippen MR) is 62.0 cm³/mol. The van der Waals surface area contributed by atoms with Crippen LogP contribution in [0.25, 0.3) is 0 Å². The second-order valence-electron chi connectivity index (χ2n) is 4.04. The summed E-state index contributed by atoms with van der Waals surface area (Å²) < 4.78 is 0.711. The predicted octanol–water partition coefficient (Wildman–Crippen LogP) is 3.29. The molecule has 1 aromatic rings. The van der Waals surface area contributed by atoms with Crippen molar-refractivity contribution in [3.8, 4) is 0 Å². The van der Waals surface area contributed by atoms with Gasteiger partial charge in [-0.25, -0.2) is 4.98 Å². The van der Waals surface area contributed by atoms with E-state index in [1.54, 1.807) is 0 Å². The van der Waals surface area contributed by atoms with Crippen LogP contribution in [-0.2, 0) is 12.8 Å². The lowest BCUT2D eigenvalue weighted by atomic mass is 10.1. The molecule has 0 aliphatic rings. The Morgan fingerprint density at radius 2 is 2.21 bits per heavy atom. The fourth-order valence-electron chi connectivity index (χ4n) is 1.45. The summed E-state index contributed by atoms with van der Waals surface area (Å²) in [6.45, 7) is 6.54. The molecule has 0 saturated carbocycles. The molecule has 0 atom stereocenters. The standard InChI is InChI=1S/C11H18N2S/c1-4-5-9-7-11(14)13-10(12-9)6-8(2)3/h7-8H,4-6H2,1-3H3,(H,12,13,14). The van der Waals surface area contributed by atoms with E-state index in [0.29, 0.717) is 10.6 Å². The van der Waals surface area contributed by atoms with Gasteiger partial charge in [0.15, 0.2) is 0 Å². The van der Waals surface area contributed by atoms with Crippen molar-refractivity contribution in [2.45, 2.75) is 40.0 Å². The van der Waals surface area contributed by atoms with E-state index in [0.717, 1.165) is 25.1 Å². The van der Waals surface area contributed by atoms with E-state index < -0.39 is 0 Å². The highest BCUT2D eigenvalue weighted by Crippen LogP contribution is 2.06. The third kappa shape index (κ3) is 3.58. The second-order valence-corrected chi connectivity index (χ2v) is 4.46. The molecule has 0 radical (unpaired) electrons. The number of aromatic nitrogens is 2.